The molecule has 0 heterocycles. The lowest BCUT2D eigenvalue weighted by Gasteiger charge is -2.41. The molecule has 20 heavy (non-hydrogen) atoms. The summed E-state index contributed by atoms with van der Waals surface area (Å²) in [6.45, 7) is 12.6. The molecule has 0 amide bonds. The molecule has 2 rings (SSSR count). The van der Waals surface area contributed by atoms with Crippen LogP contribution in [0.1, 0.15) is 63.1 Å². The molecule has 112 valence electrons. The van der Waals surface area contributed by atoms with Gasteiger partial charge in [0.2, 0.25) is 0 Å². The van der Waals surface area contributed by atoms with E-state index in [0.717, 1.165) is 12.5 Å². The van der Waals surface area contributed by atoms with Crippen molar-refractivity contribution in [2.75, 3.05) is 0 Å². The Bertz CT molecular complexity index is 442. The zero-order chi connectivity index (χ0) is 14.8. The molecule has 0 saturated heterocycles. The molecule has 0 spiro atoms. The Morgan fingerprint density at radius 3 is 2.45 bits per heavy atom. The maximum atomic E-state index is 3.85. The van der Waals surface area contributed by atoms with Gasteiger partial charge in [-0.15, -0.1) is 0 Å². The van der Waals surface area contributed by atoms with Gasteiger partial charge in [-0.3, -0.25) is 0 Å². The second-order valence-corrected chi connectivity index (χ2v) is 7.67. The van der Waals surface area contributed by atoms with Crippen LogP contribution in [0.4, 0.5) is 0 Å². The lowest BCUT2D eigenvalue weighted by molar-refractivity contribution is 0.130. The molecule has 2 unspecified atom stereocenters. The van der Waals surface area contributed by atoms with Gasteiger partial charge in [0, 0.05) is 12.6 Å². The number of aryl methyl sites for hydroxylation is 2. The monoisotopic (exact) mass is 273 g/mol. The molecule has 1 N–H and O–H groups in total. The van der Waals surface area contributed by atoms with Crippen molar-refractivity contribution in [2.24, 2.45) is 11.3 Å². The van der Waals surface area contributed by atoms with Crippen molar-refractivity contribution in [3.05, 3.63) is 34.9 Å². The molecule has 1 aromatic rings. The largest absolute Gasteiger partial charge is 0.310 e. The van der Waals surface area contributed by atoms with Crippen molar-refractivity contribution < 1.29 is 0 Å². The van der Waals surface area contributed by atoms with Crippen LogP contribution in [0, 0.1) is 25.2 Å². The fourth-order valence-electron chi connectivity index (χ4n) is 3.70. The van der Waals surface area contributed by atoms with E-state index in [0.29, 0.717) is 11.5 Å². The van der Waals surface area contributed by atoms with Crippen molar-refractivity contribution in [1.82, 2.24) is 5.32 Å². The van der Waals surface area contributed by atoms with Gasteiger partial charge in [0.15, 0.2) is 0 Å². The maximum Gasteiger partial charge on any atom is 0.0210 e. The Morgan fingerprint density at radius 2 is 1.80 bits per heavy atom. The van der Waals surface area contributed by atoms with Gasteiger partial charge in [0.05, 0.1) is 0 Å². The van der Waals surface area contributed by atoms with E-state index in [2.05, 4.69) is 58.1 Å². The smallest absolute Gasteiger partial charge is 0.0210 e. The Balaban J connectivity index is 2.01. The first-order valence-corrected chi connectivity index (χ1v) is 8.17. The van der Waals surface area contributed by atoms with Gasteiger partial charge in [-0.1, -0.05) is 57.4 Å². The van der Waals surface area contributed by atoms with Gasteiger partial charge in [-0.05, 0) is 49.1 Å². The van der Waals surface area contributed by atoms with E-state index in [1.807, 2.05) is 0 Å². The molecule has 1 fully saturated rings. The van der Waals surface area contributed by atoms with E-state index in [9.17, 15) is 0 Å². The van der Waals surface area contributed by atoms with Crippen molar-refractivity contribution in [3.63, 3.8) is 0 Å². The zero-order valence-corrected chi connectivity index (χ0v) is 13.9. The molecule has 1 aromatic carbocycles. The van der Waals surface area contributed by atoms with Gasteiger partial charge in [0.1, 0.15) is 0 Å². The van der Waals surface area contributed by atoms with E-state index < -0.39 is 0 Å². The fraction of sp³-hybridized carbons (Fsp3) is 0.684. The van der Waals surface area contributed by atoms with Crippen LogP contribution in [0.5, 0.6) is 0 Å². The Labute approximate surface area is 125 Å². The minimum atomic E-state index is 0.417. The summed E-state index contributed by atoms with van der Waals surface area (Å²) in [5, 5.41) is 3.85. The molecular weight excluding hydrogens is 242 g/mol. The van der Waals surface area contributed by atoms with E-state index in [1.165, 1.54) is 42.4 Å². The highest BCUT2D eigenvalue weighted by Gasteiger charge is 2.33. The lowest BCUT2D eigenvalue weighted by atomic mass is 9.69. The van der Waals surface area contributed by atoms with Gasteiger partial charge in [-0.2, -0.15) is 0 Å². The summed E-state index contributed by atoms with van der Waals surface area (Å²) in [5.74, 6) is 0.807. The average molecular weight is 273 g/mol. The summed E-state index contributed by atoms with van der Waals surface area (Å²) in [7, 11) is 0. The SMILES string of the molecule is Cc1ccc(CNC2CCCCC2C(C)(C)C)c(C)c1. The normalized spacial score (nSPS) is 23.9. The zero-order valence-electron chi connectivity index (χ0n) is 13.9. The fourth-order valence-corrected chi connectivity index (χ4v) is 3.70. The topological polar surface area (TPSA) is 12.0 Å². The number of nitrogens with one attached hydrogen (secondary N) is 1. The summed E-state index contributed by atoms with van der Waals surface area (Å²) < 4.78 is 0. The van der Waals surface area contributed by atoms with Crippen LogP contribution in [0.25, 0.3) is 0 Å². The van der Waals surface area contributed by atoms with Crippen LogP contribution in [0.3, 0.4) is 0 Å². The van der Waals surface area contributed by atoms with Gasteiger partial charge >= 0.3 is 0 Å². The van der Waals surface area contributed by atoms with Crippen molar-refractivity contribution in [1.29, 1.82) is 0 Å². The van der Waals surface area contributed by atoms with Crippen LogP contribution >= 0.6 is 0 Å². The highest BCUT2D eigenvalue weighted by Crippen LogP contribution is 2.38. The molecule has 1 aliphatic carbocycles. The van der Waals surface area contributed by atoms with Gasteiger partial charge < -0.3 is 5.32 Å². The summed E-state index contributed by atoms with van der Waals surface area (Å²) in [6.07, 6.45) is 5.52. The second kappa shape index (κ2) is 6.30. The van der Waals surface area contributed by atoms with Gasteiger partial charge in [0.25, 0.3) is 0 Å². The molecular formula is C19H31N. The quantitative estimate of drug-likeness (QED) is 0.817. The van der Waals surface area contributed by atoms with E-state index >= 15 is 0 Å². The maximum absolute atomic E-state index is 3.85. The summed E-state index contributed by atoms with van der Waals surface area (Å²) in [4.78, 5) is 0. The molecule has 0 aromatic heterocycles. The molecule has 1 heteroatoms. The molecule has 0 aliphatic heterocycles. The Morgan fingerprint density at radius 1 is 1.10 bits per heavy atom. The van der Waals surface area contributed by atoms with Crippen molar-refractivity contribution in [3.8, 4) is 0 Å². The first-order chi connectivity index (χ1) is 9.38. The highest BCUT2D eigenvalue weighted by atomic mass is 14.9. The summed E-state index contributed by atoms with van der Waals surface area (Å²) >= 11 is 0. The molecule has 1 aliphatic rings. The Hall–Kier alpha value is -0.820. The number of benzene rings is 1. The molecule has 0 radical (unpaired) electrons. The minimum absolute atomic E-state index is 0.417. The van der Waals surface area contributed by atoms with Crippen molar-refractivity contribution in [2.45, 2.75) is 72.9 Å². The van der Waals surface area contributed by atoms with Crippen LogP contribution in [0.15, 0.2) is 18.2 Å². The minimum Gasteiger partial charge on any atom is -0.310 e. The van der Waals surface area contributed by atoms with E-state index in [-0.39, 0.29) is 0 Å². The lowest BCUT2D eigenvalue weighted by Crippen LogP contribution is -2.44. The predicted molar refractivity (Wildman–Crippen MR) is 88.0 cm³/mol. The highest BCUT2D eigenvalue weighted by molar-refractivity contribution is 5.30. The molecule has 0 bridgehead atoms. The second-order valence-electron chi connectivity index (χ2n) is 7.67. The number of rotatable bonds is 3. The molecule has 2 atom stereocenters. The van der Waals surface area contributed by atoms with Crippen LogP contribution in [0.2, 0.25) is 0 Å². The summed E-state index contributed by atoms with van der Waals surface area (Å²) in [5.41, 5.74) is 4.64. The number of hydrogen-bond donors (Lipinski definition) is 1. The third-order valence-electron chi connectivity index (χ3n) is 4.93. The van der Waals surface area contributed by atoms with Crippen molar-refractivity contribution >= 4 is 0 Å². The standard InChI is InChI=1S/C19H31N/c1-14-10-11-16(15(2)12-14)13-20-18-9-7-6-8-17(18)19(3,4)5/h10-12,17-18,20H,6-9,13H2,1-5H3. The van der Waals surface area contributed by atoms with Crippen LogP contribution < -0.4 is 5.32 Å². The van der Waals surface area contributed by atoms with Gasteiger partial charge in [-0.25, -0.2) is 0 Å². The van der Waals surface area contributed by atoms with E-state index in [1.54, 1.807) is 0 Å². The Kier molecular flexibility index (Phi) is 4.90. The third kappa shape index (κ3) is 3.85. The van der Waals surface area contributed by atoms with Crippen LogP contribution in [-0.2, 0) is 6.54 Å². The first-order valence-electron chi connectivity index (χ1n) is 8.17. The first kappa shape index (κ1) is 15.6. The predicted octanol–water partition coefficient (Wildman–Crippen LogP) is 5.00. The molecule has 1 saturated carbocycles. The summed E-state index contributed by atoms with van der Waals surface area (Å²) in [6, 6.07) is 7.49. The van der Waals surface area contributed by atoms with E-state index in [4.69, 9.17) is 0 Å². The third-order valence-corrected chi connectivity index (χ3v) is 4.93. The van der Waals surface area contributed by atoms with Crippen LogP contribution in [-0.4, -0.2) is 6.04 Å². The average Bonchev–Trinajstić information content (AvgIpc) is 2.37. The number of hydrogen-bond acceptors (Lipinski definition) is 1. The molecule has 1 nitrogen and oxygen atoms in total.